The number of carbonyl (C=O) groups excluding carboxylic acids is 1. The first-order valence-corrected chi connectivity index (χ1v) is 5.52. The van der Waals surface area contributed by atoms with Gasteiger partial charge in [0.15, 0.2) is 0 Å². The van der Waals surface area contributed by atoms with Crippen LogP contribution in [0.1, 0.15) is 24.8 Å². The summed E-state index contributed by atoms with van der Waals surface area (Å²) in [6.45, 7) is 0.873. The van der Waals surface area contributed by atoms with Crippen LogP contribution >= 0.6 is 0 Å². The normalized spacial score (nSPS) is 9.93. The fourth-order valence-electron chi connectivity index (χ4n) is 1.56. The van der Waals surface area contributed by atoms with E-state index in [2.05, 4.69) is 24.3 Å². The van der Waals surface area contributed by atoms with Crippen LogP contribution in [0, 0.1) is 0 Å². The van der Waals surface area contributed by atoms with Crippen molar-refractivity contribution in [3.8, 4) is 0 Å². The lowest BCUT2D eigenvalue weighted by Gasteiger charge is -2.09. The molecule has 0 aliphatic heterocycles. The van der Waals surface area contributed by atoms with Gasteiger partial charge in [-0.3, -0.25) is 4.79 Å². The molecular weight excluding hydrogens is 186 g/mol. The fraction of sp³-hybridized carbons (Fsp3) is 0.462. The van der Waals surface area contributed by atoms with E-state index in [0.717, 1.165) is 25.8 Å². The van der Waals surface area contributed by atoms with Crippen LogP contribution in [0.25, 0.3) is 0 Å². The second-order valence-corrected chi connectivity index (χ2v) is 3.88. The lowest BCUT2D eigenvalue weighted by atomic mass is 10.1. The van der Waals surface area contributed by atoms with Crippen molar-refractivity contribution in [3.63, 3.8) is 0 Å². The predicted octanol–water partition coefficient (Wildman–Crippen LogP) is 2.49. The van der Waals surface area contributed by atoms with Crippen LogP contribution in [-0.4, -0.2) is 24.9 Å². The Morgan fingerprint density at radius 1 is 1.13 bits per heavy atom. The smallest absolute Gasteiger partial charge is 0.209 e. The average molecular weight is 205 g/mol. The molecule has 1 aromatic rings. The fourth-order valence-corrected chi connectivity index (χ4v) is 1.56. The maximum absolute atomic E-state index is 10.3. The van der Waals surface area contributed by atoms with Gasteiger partial charge in [0.05, 0.1) is 0 Å². The average Bonchev–Trinajstić information content (AvgIpc) is 2.29. The predicted molar refractivity (Wildman–Crippen MR) is 62.7 cm³/mol. The van der Waals surface area contributed by atoms with Crippen molar-refractivity contribution in [2.24, 2.45) is 0 Å². The van der Waals surface area contributed by atoms with Crippen LogP contribution in [0.15, 0.2) is 30.3 Å². The summed E-state index contributed by atoms with van der Waals surface area (Å²) in [5.41, 5.74) is 1.40. The van der Waals surface area contributed by atoms with E-state index in [1.807, 2.05) is 13.1 Å². The highest BCUT2D eigenvalue weighted by atomic mass is 16.1. The van der Waals surface area contributed by atoms with Gasteiger partial charge in [0.25, 0.3) is 0 Å². The maximum atomic E-state index is 10.3. The molecule has 1 amide bonds. The van der Waals surface area contributed by atoms with Gasteiger partial charge >= 0.3 is 0 Å². The van der Waals surface area contributed by atoms with Gasteiger partial charge in [-0.15, -0.1) is 0 Å². The maximum Gasteiger partial charge on any atom is 0.209 e. The van der Waals surface area contributed by atoms with Gasteiger partial charge in [-0.2, -0.15) is 0 Å². The molecule has 1 rings (SSSR count). The number of amides is 1. The molecule has 0 aliphatic rings. The standard InChI is InChI=1S/C13H19NO/c1-14(12-15)11-7-3-6-10-13-8-4-2-5-9-13/h2,4-5,8-9,12H,3,6-7,10-11H2,1H3. The second-order valence-electron chi connectivity index (χ2n) is 3.88. The molecule has 0 unspecified atom stereocenters. The first kappa shape index (κ1) is 11.8. The second kappa shape index (κ2) is 7.04. The molecule has 0 bridgehead atoms. The van der Waals surface area contributed by atoms with E-state index in [-0.39, 0.29) is 0 Å². The number of unbranched alkanes of at least 4 members (excludes halogenated alkanes) is 2. The highest BCUT2D eigenvalue weighted by Crippen LogP contribution is 2.06. The molecule has 0 fully saturated rings. The van der Waals surface area contributed by atoms with E-state index in [4.69, 9.17) is 0 Å². The summed E-state index contributed by atoms with van der Waals surface area (Å²) in [7, 11) is 1.82. The third-order valence-corrected chi connectivity index (χ3v) is 2.50. The van der Waals surface area contributed by atoms with Crippen LogP contribution in [0.3, 0.4) is 0 Å². The number of rotatable bonds is 7. The summed E-state index contributed by atoms with van der Waals surface area (Å²) in [6, 6.07) is 10.5. The minimum absolute atomic E-state index is 0.873. The monoisotopic (exact) mass is 205 g/mol. The number of hydrogen-bond donors (Lipinski definition) is 0. The zero-order valence-corrected chi connectivity index (χ0v) is 9.36. The van der Waals surface area contributed by atoms with E-state index < -0.39 is 0 Å². The summed E-state index contributed by atoms with van der Waals surface area (Å²) >= 11 is 0. The third kappa shape index (κ3) is 5.21. The van der Waals surface area contributed by atoms with E-state index in [1.165, 1.54) is 18.4 Å². The Hall–Kier alpha value is -1.31. The molecular formula is C13H19NO. The lowest BCUT2D eigenvalue weighted by molar-refractivity contribution is -0.117. The molecule has 0 spiro atoms. The van der Waals surface area contributed by atoms with Crippen molar-refractivity contribution < 1.29 is 4.79 Å². The van der Waals surface area contributed by atoms with Crippen molar-refractivity contribution >= 4 is 6.41 Å². The Bertz CT molecular complexity index is 271. The SMILES string of the molecule is CN(C=O)CCCCCc1ccccc1. The van der Waals surface area contributed by atoms with E-state index in [0.29, 0.717) is 0 Å². The summed E-state index contributed by atoms with van der Waals surface area (Å²) in [5, 5.41) is 0. The Morgan fingerprint density at radius 3 is 2.53 bits per heavy atom. The van der Waals surface area contributed by atoms with Gasteiger partial charge in [0.1, 0.15) is 0 Å². The Morgan fingerprint density at radius 2 is 1.87 bits per heavy atom. The third-order valence-electron chi connectivity index (χ3n) is 2.50. The molecule has 15 heavy (non-hydrogen) atoms. The van der Waals surface area contributed by atoms with Gasteiger partial charge < -0.3 is 4.90 Å². The molecule has 0 saturated carbocycles. The highest BCUT2D eigenvalue weighted by Gasteiger charge is 1.95. The van der Waals surface area contributed by atoms with Crippen molar-refractivity contribution in [1.82, 2.24) is 4.90 Å². The molecule has 0 radical (unpaired) electrons. The first-order valence-electron chi connectivity index (χ1n) is 5.52. The van der Waals surface area contributed by atoms with Gasteiger partial charge in [-0.1, -0.05) is 36.8 Å². The number of carbonyl (C=O) groups is 1. The molecule has 2 nitrogen and oxygen atoms in total. The van der Waals surface area contributed by atoms with Gasteiger partial charge in [0, 0.05) is 13.6 Å². The van der Waals surface area contributed by atoms with Crippen LogP contribution in [0.5, 0.6) is 0 Å². The van der Waals surface area contributed by atoms with E-state index in [9.17, 15) is 4.79 Å². The Kier molecular flexibility index (Phi) is 5.52. The molecule has 2 heteroatoms. The largest absolute Gasteiger partial charge is 0.348 e. The number of nitrogens with zero attached hydrogens (tertiary/aromatic N) is 1. The van der Waals surface area contributed by atoms with Gasteiger partial charge in [-0.05, 0) is 24.8 Å². The van der Waals surface area contributed by atoms with Crippen molar-refractivity contribution in [1.29, 1.82) is 0 Å². The molecule has 0 heterocycles. The number of aryl methyl sites for hydroxylation is 1. The number of hydrogen-bond acceptors (Lipinski definition) is 1. The summed E-state index contributed by atoms with van der Waals surface area (Å²) in [5.74, 6) is 0. The Labute approximate surface area is 91.9 Å². The zero-order valence-electron chi connectivity index (χ0n) is 9.36. The van der Waals surface area contributed by atoms with Crippen molar-refractivity contribution in [3.05, 3.63) is 35.9 Å². The molecule has 82 valence electrons. The van der Waals surface area contributed by atoms with Crippen LogP contribution in [-0.2, 0) is 11.2 Å². The lowest BCUT2D eigenvalue weighted by Crippen LogP contribution is -2.16. The van der Waals surface area contributed by atoms with Crippen molar-refractivity contribution in [2.75, 3.05) is 13.6 Å². The highest BCUT2D eigenvalue weighted by molar-refractivity contribution is 5.46. The Balaban J connectivity index is 2.05. The van der Waals surface area contributed by atoms with Crippen LogP contribution in [0.2, 0.25) is 0 Å². The van der Waals surface area contributed by atoms with E-state index in [1.54, 1.807) is 4.90 Å². The van der Waals surface area contributed by atoms with Gasteiger partial charge in [0.2, 0.25) is 6.41 Å². The van der Waals surface area contributed by atoms with Gasteiger partial charge in [-0.25, -0.2) is 0 Å². The minimum atomic E-state index is 0.873. The summed E-state index contributed by atoms with van der Waals surface area (Å²) < 4.78 is 0. The molecule has 0 saturated heterocycles. The topological polar surface area (TPSA) is 20.3 Å². The van der Waals surface area contributed by atoms with Crippen molar-refractivity contribution in [2.45, 2.75) is 25.7 Å². The molecule has 1 aromatic carbocycles. The minimum Gasteiger partial charge on any atom is -0.348 e. The molecule has 0 atom stereocenters. The summed E-state index contributed by atoms with van der Waals surface area (Å²) in [4.78, 5) is 12.0. The number of benzene rings is 1. The molecule has 0 aliphatic carbocycles. The molecule has 0 N–H and O–H groups in total. The first-order chi connectivity index (χ1) is 7.33. The zero-order chi connectivity index (χ0) is 10.9. The van der Waals surface area contributed by atoms with Crippen LogP contribution in [0.4, 0.5) is 0 Å². The molecule has 0 aromatic heterocycles. The van der Waals surface area contributed by atoms with Crippen LogP contribution < -0.4 is 0 Å². The quantitative estimate of drug-likeness (QED) is 0.494. The van der Waals surface area contributed by atoms with E-state index >= 15 is 0 Å². The summed E-state index contributed by atoms with van der Waals surface area (Å²) in [6.07, 6.45) is 5.52.